The van der Waals surface area contributed by atoms with Crippen molar-refractivity contribution in [1.29, 1.82) is 0 Å². The van der Waals surface area contributed by atoms with Crippen molar-refractivity contribution in [2.45, 2.75) is 37.3 Å². The third-order valence-electron chi connectivity index (χ3n) is 4.95. The molecule has 1 aliphatic carbocycles. The molecule has 7 nitrogen and oxygen atoms in total. The predicted molar refractivity (Wildman–Crippen MR) is 103 cm³/mol. The van der Waals surface area contributed by atoms with Crippen molar-refractivity contribution >= 4 is 33.2 Å². The fourth-order valence-corrected chi connectivity index (χ4v) is 6.08. The van der Waals surface area contributed by atoms with Crippen LogP contribution in [0.4, 0.5) is 5.69 Å². The summed E-state index contributed by atoms with van der Waals surface area (Å²) in [5, 5.41) is 11.1. The average molecular weight is 408 g/mol. The van der Waals surface area contributed by atoms with Crippen LogP contribution in [0.15, 0.2) is 27.8 Å². The normalized spacial score (nSPS) is 20.5. The van der Waals surface area contributed by atoms with Crippen LogP contribution in [0.1, 0.15) is 29.9 Å². The molecule has 27 heavy (non-hydrogen) atoms. The minimum Gasteiger partial charge on any atom is -0.416 e. The van der Waals surface area contributed by atoms with Crippen LogP contribution in [0.25, 0.3) is 0 Å². The molecule has 2 aliphatic rings. The van der Waals surface area contributed by atoms with E-state index in [4.69, 9.17) is 4.42 Å². The molecular weight excluding hydrogens is 386 g/mol. The lowest BCUT2D eigenvalue weighted by Crippen LogP contribution is -2.14. The van der Waals surface area contributed by atoms with Crippen molar-refractivity contribution in [3.8, 4) is 0 Å². The molecule has 1 aromatic heterocycles. The first-order valence-electron chi connectivity index (χ1n) is 9.04. The van der Waals surface area contributed by atoms with Crippen LogP contribution in [-0.4, -0.2) is 41.8 Å². The van der Waals surface area contributed by atoms with Crippen molar-refractivity contribution in [2.75, 3.05) is 22.6 Å². The Morgan fingerprint density at radius 3 is 2.93 bits per heavy atom. The summed E-state index contributed by atoms with van der Waals surface area (Å²) in [4.78, 5) is 12.2. The van der Waals surface area contributed by atoms with Crippen LogP contribution in [-0.2, 0) is 33.9 Å². The average Bonchev–Trinajstić information content (AvgIpc) is 3.33. The lowest BCUT2D eigenvalue weighted by molar-refractivity contribution is -0.113. The molecule has 0 radical (unpaired) electrons. The zero-order valence-electron chi connectivity index (χ0n) is 14.8. The number of benzene rings is 1. The summed E-state index contributed by atoms with van der Waals surface area (Å²) in [5.74, 6) is 0.933. The highest BCUT2D eigenvalue weighted by Crippen LogP contribution is 2.26. The van der Waals surface area contributed by atoms with E-state index in [1.54, 1.807) is 0 Å². The highest BCUT2D eigenvalue weighted by atomic mass is 32.2. The quantitative estimate of drug-likeness (QED) is 0.733. The van der Waals surface area contributed by atoms with Gasteiger partial charge in [0, 0.05) is 12.1 Å². The molecule has 0 saturated carbocycles. The summed E-state index contributed by atoms with van der Waals surface area (Å²) in [6.07, 6.45) is 4.46. The number of rotatable bonds is 6. The Bertz CT molecular complexity index is 955. The van der Waals surface area contributed by atoms with Crippen LogP contribution in [0, 0.1) is 5.92 Å². The van der Waals surface area contributed by atoms with Gasteiger partial charge < -0.3 is 9.73 Å². The number of carbonyl (C=O) groups is 1. The van der Waals surface area contributed by atoms with Gasteiger partial charge in [0.2, 0.25) is 11.8 Å². The van der Waals surface area contributed by atoms with Gasteiger partial charge in [0.1, 0.15) is 0 Å². The molecule has 1 amide bonds. The van der Waals surface area contributed by atoms with E-state index in [9.17, 15) is 13.2 Å². The number of nitrogens with one attached hydrogen (secondary N) is 1. The molecule has 1 N–H and O–H groups in total. The highest BCUT2D eigenvalue weighted by Gasteiger charge is 2.29. The van der Waals surface area contributed by atoms with E-state index in [2.05, 4.69) is 21.6 Å². The number of nitrogens with zero attached hydrogens (tertiary/aromatic N) is 2. The summed E-state index contributed by atoms with van der Waals surface area (Å²) < 4.78 is 28.6. The molecule has 1 fully saturated rings. The Balaban J connectivity index is 1.26. The van der Waals surface area contributed by atoms with Crippen molar-refractivity contribution in [2.24, 2.45) is 5.92 Å². The molecule has 1 saturated heterocycles. The first-order chi connectivity index (χ1) is 13.0. The van der Waals surface area contributed by atoms with E-state index < -0.39 is 9.84 Å². The van der Waals surface area contributed by atoms with Gasteiger partial charge >= 0.3 is 0 Å². The van der Waals surface area contributed by atoms with Crippen LogP contribution >= 0.6 is 11.8 Å². The minimum absolute atomic E-state index is 0.0383. The summed E-state index contributed by atoms with van der Waals surface area (Å²) in [7, 11) is -2.91. The number of amides is 1. The maximum absolute atomic E-state index is 12.2. The Morgan fingerprint density at radius 1 is 1.26 bits per heavy atom. The van der Waals surface area contributed by atoms with Crippen LogP contribution in [0.2, 0.25) is 0 Å². The molecule has 2 aromatic rings. The van der Waals surface area contributed by atoms with Crippen LogP contribution in [0.3, 0.4) is 0 Å². The van der Waals surface area contributed by atoms with Gasteiger partial charge in [0.15, 0.2) is 9.84 Å². The predicted octanol–water partition coefficient (Wildman–Crippen LogP) is 2.27. The largest absolute Gasteiger partial charge is 0.416 e. The van der Waals surface area contributed by atoms with E-state index in [1.807, 2.05) is 12.1 Å². The number of fused-ring (bicyclic) bond motifs is 1. The second-order valence-corrected chi connectivity index (χ2v) is 10.3. The maximum atomic E-state index is 12.2. The summed E-state index contributed by atoms with van der Waals surface area (Å²) in [6.45, 7) is 0. The van der Waals surface area contributed by atoms with Gasteiger partial charge in [-0.15, -0.1) is 10.2 Å². The third kappa shape index (κ3) is 4.70. The first-order valence-corrected chi connectivity index (χ1v) is 11.8. The zero-order chi connectivity index (χ0) is 18.9. The Kier molecular flexibility index (Phi) is 5.23. The van der Waals surface area contributed by atoms with Gasteiger partial charge in [-0.3, -0.25) is 4.79 Å². The fraction of sp³-hybridized carbons (Fsp3) is 0.500. The number of hydrogen-bond acceptors (Lipinski definition) is 7. The first kappa shape index (κ1) is 18.5. The van der Waals surface area contributed by atoms with Gasteiger partial charge in [-0.2, -0.15) is 0 Å². The number of aromatic nitrogens is 2. The molecular formula is C18H21N3O4S2. The third-order valence-corrected chi connectivity index (χ3v) is 7.60. The lowest BCUT2D eigenvalue weighted by atomic mass is 10.1. The minimum atomic E-state index is -2.91. The number of sulfone groups is 1. The number of thioether (sulfide) groups is 1. The Morgan fingerprint density at radius 2 is 2.11 bits per heavy atom. The number of carbonyl (C=O) groups excluding carboxylic acids is 1. The Hall–Kier alpha value is -1.87. The smallest absolute Gasteiger partial charge is 0.277 e. The van der Waals surface area contributed by atoms with Crippen molar-refractivity contribution in [3.63, 3.8) is 0 Å². The van der Waals surface area contributed by atoms with E-state index in [-0.39, 0.29) is 29.1 Å². The number of hydrogen-bond donors (Lipinski definition) is 1. The molecule has 0 spiro atoms. The second-order valence-electron chi connectivity index (χ2n) is 7.11. The monoisotopic (exact) mass is 407 g/mol. The lowest BCUT2D eigenvalue weighted by Gasteiger charge is -2.06. The maximum Gasteiger partial charge on any atom is 0.277 e. The standard InChI is InChI=1S/C18H21N3O4S2/c22-16(19-15-5-4-13-2-1-3-14(13)9-15)10-26-18-21-20-17(25-18)8-12-6-7-27(23,24)11-12/h4-5,9,12H,1-3,6-8,10-11H2,(H,19,22). The molecule has 0 bridgehead atoms. The van der Waals surface area contributed by atoms with Gasteiger partial charge in [0.05, 0.1) is 17.3 Å². The molecule has 1 aromatic carbocycles. The van der Waals surface area contributed by atoms with E-state index in [0.29, 0.717) is 24.0 Å². The molecule has 144 valence electrons. The molecule has 4 rings (SSSR count). The zero-order valence-corrected chi connectivity index (χ0v) is 16.4. The van der Waals surface area contributed by atoms with Crippen molar-refractivity contribution in [1.82, 2.24) is 10.2 Å². The fourth-order valence-electron chi connectivity index (χ4n) is 3.63. The van der Waals surface area contributed by atoms with Crippen LogP contribution in [0.5, 0.6) is 0 Å². The molecule has 2 heterocycles. The topological polar surface area (TPSA) is 102 Å². The summed E-state index contributed by atoms with van der Waals surface area (Å²) in [5.41, 5.74) is 3.50. The Labute approximate surface area is 162 Å². The molecule has 9 heteroatoms. The van der Waals surface area contributed by atoms with E-state index in [1.165, 1.54) is 29.3 Å². The van der Waals surface area contributed by atoms with Gasteiger partial charge in [-0.1, -0.05) is 17.8 Å². The van der Waals surface area contributed by atoms with Crippen molar-refractivity contribution < 1.29 is 17.6 Å². The van der Waals surface area contributed by atoms with E-state index >= 15 is 0 Å². The molecule has 1 unspecified atom stereocenters. The molecule has 1 atom stereocenters. The number of anilines is 1. The SMILES string of the molecule is O=C(CSc1nnc(CC2CCS(=O)(=O)C2)o1)Nc1ccc2c(c1)CCC2. The molecule has 1 aliphatic heterocycles. The second kappa shape index (κ2) is 7.63. The van der Waals surface area contributed by atoms with Gasteiger partial charge in [-0.25, -0.2) is 8.42 Å². The highest BCUT2D eigenvalue weighted by molar-refractivity contribution is 7.99. The van der Waals surface area contributed by atoms with Gasteiger partial charge in [0.25, 0.3) is 5.22 Å². The number of aryl methyl sites for hydroxylation is 2. The summed E-state index contributed by atoms with van der Waals surface area (Å²) in [6, 6.07) is 6.07. The van der Waals surface area contributed by atoms with E-state index in [0.717, 1.165) is 18.5 Å². The summed E-state index contributed by atoms with van der Waals surface area (Å²) >= 11 is 1.18. The van der Waals surface area contributed by atoms with Gasteiger partial charge in [-0.05, 0) is 54.9 Å². The van der Waals surface area contributed by atoms with Crippen molar-refractivity contribution in [3.05, 3.63) is 35.2 Å². The van der Waals surface area contributed by atoms with Crippen LogP contribution < -0.4 is 5.32 Å².